The summed E-state index contributed by atoms with van der Waals surface area (Å²) in [4.78, 5) is 11.5. The van der Waals surface area contributed by atoms with E-state index in [1.807, 2.05) is 13.0 Å². The maximum Gasteiger partial charge on any atom is 0.204 e. The van der Waals surface area contributed by atoms with Gasteiger partial charge in [0, 0.05) is 24.3 Å². The third kappa shape index (κ3) is 1.02. The number of Topliss-reactive ketones (excluding diaryl/α,β-unsaturated/α-hetero) is 1. The topological polar surface area (TPSA) is 76.1 Å². The molecule has 0 aromatic carbocycles. The van der Waals surface area contributed by atoms with E-state index >= 15 is 0 Å². The Kier molecular flexibility index (Phi) is 1.81. The molecule has 1 heterocycles. The fraction of sp³-hybridized carbons (Fsp3) is 0.400. The van der Waals surface area contributed by atoms with Crippen molar-refractivity contribution in [3.63, 3.8) is 0 Å². The van der Waals surface area contributed by atoms with Crippen molar-refractivity contribution in [2.24, 2.45) is 11.7 Å². The third-order valence-electron chi connectivity index (χ3n) is 2.67. The van der Waals surface area contributed by atoms with E-state index in [1.165, 1.54) is 0 Å². The fourth-order valence-electron chi connectivity index (χ4n) is 1.94. The molecule has 2 aliphatic rings. The van der Waals surface area contributed by atoms with Crippen LogP contribution in [0.1, 0.15) is 19.8 Å². The van der Waals surface area contributed by atoms with Crippen LogP contribution in [0.5, 0.6) is 0 Å². The van der Waals surface area contributed by atoms with Crippen LogP contribution in [0.4, 0.5) is 0 Å². The summed E-state index contributed by atoms with van der Waals surface area (Å²) < 4.78 is 5.25. The van der Waals surface area contributed by atoms with E-state index in [4.69, 9.17) is 15.7 Å². The average molecular weight is 190 g/mol. The average Bonchev–Trinajstić information content (AvgIpc) is 2.48. The molecule has 0 amide bonds. The van der Waals surface area contributed by atoms with Crippen LogP contribution in [0.25, 0.3) is 0 Å². The molecule has 1 unspecified atom stereocenters. The molecule has 0 fully saturated rings. The second-order valence-electron chi connectivity index (χ2n) is 3.47. The van der Waals surface area contributed by atoms with E-state index < -0.39 is 0 Å². The molecule has 14 heavy (non-hydrogen) atoms. The van der Waals surface area contributed by atoms with Crippen molar-refractivity contribution in [2.45, 2.75) is 19.8 Å². The van der Waals surface area contributed by atoms with E-state index in [0.29, 0.717) is 29.7 Å². The van der Waals surface area contributed by atoms with Crippen molar-refractivity contribution < 1.29 is 9.53 Å². The Morgan fingerprint density at radius 2 is 2.29 bits per heavy atom. The Morgan fingerprint density at radius 3 is 2.93 bits per heavy atom. The van der Waals surface area contributed by atoms with Crippen molar-refractivity contribution >= 4 is 5.78 Å². The van der Waals surface area contributed by atoms with Gasteiger partial charge in [0.25, 0.3) is 0 Å². The quantitative estimate of drug-likeness (QED) is 0.617. The molecule has 0 spiro atoms. The van der Waals surface area contributed by atoms with Crippen LogP contribution in [0.2, 0.25) is 0 Å². The van der Waals surface area contributed by atoms with E-state index in [0.717, 1.165) is 0 Å². The predicted octanol–water partition coefficient (Wildman–Crippen LogP) is 0.964. The molecule has 1 aliphatic heterocycles. The number of carbonyl (C=O) groups is 1. The smallest absolute Gasteiger partial charge is 0.204 e. The lowest BCUT2D eigenvalue weighted by atomic mass is 9.91. The summed E-state index contributed by atoms with van der Waals surface area (Å²) in [6, 6.07) is 1.98. The van der Waals surface area contributed by atoms with Gasteiger partial charge >= 0.3 is 0 Å². The molecule has 4 heteroatoms. The van der Waals surface area contributed by atoms with Crippen LogP contribution in [0.3, 0.4) is 0 Å². The zero-order valence-electron chi connectivity index (χ0n) is 7.83. The van der Waals surface area contributed by atoms with Crippen molar-refractivity contribution in [1.82, 2.24) is 0 Å². The SMILES string of the molecule is CC1C(C#N)=C(N)OC2=C1C(=O)CC2. The highest BCUT2D eigenvalue weighted by atomic mass is 16.5. The summed E-state index contributed by atoms with van der Waals surface area (Å²) in [5.74, 6) is 0.666. The molecular weight excluding hydrogens is 180 g/mol. The number of allylic oxidation sites excluding steroid dienone is 3. The van der Waals surface area contributed by atoms with E-state index in [-0.39, 0.29) is 17.6 Å². The summed E-state index contributed by atoms with van der Waals surface area (Å²) in [5, 5.41) is 8.84. The first-order chi connectivity index (χ1) is 6.65. The highest BCUT2D eigenvalue weighted by Gasteiger charge is 2.35. The molecule has 0 radical (unpaired) electrons. The first kappa shape index (κ1) is 8.82. The van der Waals surface area contributed by atoms with E-state index in [9.17, 15) is 4.79 Å². The second kappa shape index (κ2) is 2.88. The van der Waals surface area contributed by atoms with Crippen LogP contribution < -0.4 is 5.73 Å². The summed E-state index contributed by atoms with van der Waals surface area (Å²) in [5.41, 5.74) is 6.57. The zero-order valence-corrected chi connectivity index (χ0v) is 7.83. The Bertz CT molecular complexity index is 412. The van der Waals surface area contributed by atoms with Gasteiger partial charge in [0.05, 0.1) is 5.57 Å². The molecular formula is C10H10N2O2. The summed E-state index contributed by atoms with van der Waals surface area (Å²) >= 11 is 0. The normalized spacial score (nSPS) is 26.0. The summed E-state index contributed by atoms with van der Waals surface area (Å²) in [6.07, 6.45) is 1.08. The number of carbonyl (C=O) groups excluding carboxylic acids is 1. The molecule has 0 aromatic rings. The summed E-state index contributed by atoms with van der Waals surface area (Å²) in [7, 11) is 0. The number of ketones is 1. The predicted molar refractivity (Wildman–Crippen MR) is 48.3 cm³/mol. The first-order valence-electron chi connectivity index (χ1n) is 4.49. The van der Waals surface area contributed by atoms with Gasteiger partial charge in [0.2, 0.25) is 5.88 Å². The molecule has 0 bridgehead atoms. The maximum absolute atomic E-state index is 11.5. The van der Waals surface area contributed by atoms with Gasteiger partial charge in [0.15, 0.2) is 5.78 Å². The van der Waals surface area contributed by atoms with Gasteiger partial charge in [-0.05, 0) is 0 Å². The number of nitriles is 1. The van der Waals surface area contributed by atoms with Gasteiger partial charge in [-0.25, -0.2) is 0 Å². The minimum atomic E-state index is -0.209. The maximum atomic E-state index is 11.5. The van der Waals surface area contributed by atoms with Crippen LogP contribution >= 0.6 is 0 Å². The minimum absolute atomic E-state index is 0.0766. The molecule has 72 valence electrons. The number of hydrogen-bond donors (Lipinski definition) is 1. The molecule has 1 aliphatic carbocycles. The Balaban J connectivity index is 2.44. The van der Waals surface area contributed by atoms with Crippen LogP contribution in [-0.2, 0) is 9.53 Å². The van der Waals surface area contributed by atoms with Gasteiger partial charge in [0.1, 0.15) is 11.8 Å². The Hall–Kier alpha value is -1.76. The van der Waals surface area contributed by atoms with Crippen LogP contribution in [0, 0.1) is 17.2 Å². The standard InChI is InChI=1S/C10H10N2O2/c1-5-6(4-11)10(12)14-8-3-2-7(13)9(5)8/h5H,2-3,12H2,1H3. The summed E-state index contributed by atoms with van der Waals surface area (Å²) in [6.45, 7) is 1.81. The molecule has 1 atom stereocenters. The van der Waals surface area contributed by atoms with Crippen LogP contribution in [0.15, 0.2) is 22.8 Å². The fourth-order valence-corrected chi connectivity index (χ4v) is 1.94. The largest absolute Gasteiger partial charge is 0.444 e. The van der Waals surface area contributed by atoms with Gasteiger partial charge in [-0.1, -0.05) is 6.92 Å². The lowest BCUT2D eigenvalue weighted by molar-refractivity contribution is -0.115. The minimum Gasteiger partial charge on any atom is -0.444 e. The second-order valence-corrected chi connectivity index (χ2v) is 3.47. The molecule has 2 N–H and O–H groups in total. The third-order valence-corrected chi connectivity index (χ3v) is 2.67. The molecule has 4 nitrogen and oxygen atoms in total. The Morgan fingerprint density at radius 1 is 1.57 bits per heavy atom. The van der Waals surface area contributed by atoms with Crippen molar-refractivity contribution in [1.29, 1.82) is 5.26 Å². The zero-order chi connectivity index (χ0) is 10.3. The van der Waals surface area contributed by atoms with Gasteiger partial charge in [-0.3, -0.25) is 4.79 Å². The molecule has 2 rings (SSSR count). The number of nitrogens with zero attached hydrogens (tertiary/aromatic N) is 1. The lowest BCUT2D eigenvalue weighted by Crippen LogP contribution is -2.20. The van der Waals surface area contributed by atoms with E-state index in [2.05, 4.69) is 0 Å². The lowest BCUT2D eigenvalue weighted by Gasteiger charge is -2.21. The Labute approximate surface area is 81.6 Å². The highest BCUT2D eigenvalue weighted by molar-refractivity contribution is 5.99. The van der Waals surface area contributed by atoms with Crippen molar-refractivity contribution in [3.8, 4) is 6.07 Å². The van der Waals surface area contributed by atoms with Crippen molar-refractivity contribution in [3.05, 3.63) is 22.8 Å². The van der Waals surface area contributed by atoms with Crippen molar-refractivity contribution in [2.75, 3.05) is 0 Å². The van der Waals surface area contributed by atoms with Gasteiger partial charge < -0.3 is 10.5 Å². The number of rotatable bonds is 0. The monoisotopic (exact) mass is 190 g/mol. The van der Waals surface area contributed by atoms with E-state index in [1.54, 1.807) is 0 Å². The number of nitrogens with two attached hydrogens (primary N) is 1. The number of ether oxygens (including phenoxy) is 1. The first-order valence-corrected chi connectivity index (χ1v) is 4.49. The molecule has 0 saturated heterocycles. The molecule has 0 saturated carbocycles. The van der Waals surface area contributed by atoms with Gasteiger partial charge in [-0.2, -0.15) is 5.26 Å². The molecule has 0 aromatic heterocycles. The van der Waals surface area contributed by atoms with Crippen LogP contribution in [-0.4, -0.2) is 5.78 Å². The van der Waals surface area contributed by atoms with Gasteiger partial charge in [-0.15, -0.1) is 0 Å². The number of hydrogen-bond acceptors (Lipinski definition) is 4. The highest BCUT2D eigenvalue weighted by Crippen LogP contribution is 2.38.